The number of amides is 1. The Hall–Kier alpha value is -1.76. The van der Waals surface area contributed by atoms with Crippen LogP contribution in [-0.2, 0) is 10.2 Å². The lowest BCUT2D eigenvalue weighted by Crippen LogP contribution is -2.42. The van der Waals surface area contributed by atoms with E-state index in [2.05, 4.69) is 10.6 Å². The fourth-order valence-corrected chi connectivity index (χ4v) is 1.84. The van der Waals surface area contributed by atoms with E-state index in [1.54, 1.807) is 7.11 Å². The van der Waals surface area contributed by atoms with Gasteiger partial charge >= 0.3 is 6.18 Å². The lowest BCUT2D eigenvalue weighted by molar-refractivity contribution is -0.128. The number of hydrogen-bond acceptors (Lipinski definition) is 3. The first-order valence-electron chi connectivity index (χ1n) is 6.83. The van der Waals surface area contributed by atoms with Crippen molar-refractivity contribution < 1.29 is 22.7 Å². The Labute approximate surface area is 128 Å². The predicted molar refractivity (Wildman–Crippen MR) is 78.0 cm³/mol. The van der Waals surface area contributed by atoms with Gasteiger partial charge in [0.25, 0.3) is 0 Å². The average molecular weight is 318 g/mol. The highest BCUT2D eigenvalue weighted by Crippen LogP contribution is 2.24. The lowest BCUT2D eigenvalue weighted by Gasteiger charge is -2.26. The third-order valence-electron chi connectivity index (χ3n) is 3.21. The number of rotatable bonds is 7. The van der Waals surface area contributed by atoms with Crippen molar-refractivity contribution in [3.05, 3.63) is 29.8 Å². The summed E-state index contributed by atoms with van der Waals surface area (Å²) in [4.78, 5) is 11.5. The van der Waals surface area contributed by atoms with Crippen molar-refractivity contribution in [2.24, 2.45) is 0 Å². The zero-order valence-electron chi connectivity index (χ0n) is 12.9. The zero-order chi connectivity index (χ0) is 16.8. The van der Waals surface area contributed by atoms with Crippen molar-refractivity contribution in [3.63, 3.8) is 0 Å². The molecule has 0 fully saturated rings. The largest absolute Gasteiger partial charge is 0.497 e. The first-order chi connectivity index (χ1) is 10.1. The van der Waals surface area contributed by atoms with E-state index in [1.165, 1.54) is 0 Å². The molecular formula is C15H21F3N2O2. The third-order valence-corrected chi connectivity index (χ3v) is 3.21. The maximum Gasteiger partial charge on any atom is 0.401 e. The standard InChI is InChI=1S/C15H21F3N2O2/c1-14(2,11-4-6-12(22-3)7-5-11)9-20-13(21)8-19-10-15(16,17)18/h4-7,19H,8-10H2,1-3H3,(H,20,21). The van der Waals surface area contributed by atoms with Gasteiger partial charge in [-0.05, 0) is 17.7 Å². The van der Waals surface area contributed by atoms with Crippen molar-refractivity contribution >= 4 is 5.91 Å². The molecule has 0 aliphatic carbocycles. The Morgan fingerprint density at radius 1 is 1.14 bits per heavy atom. The molecule has 7 heteroatoms. The molecule has 0 aromatic heterocycles. The van der Waals surface area contributed by atoms with Crippen molar-refractivity contribution in [2.75, 3.05) is 26.7 Å². The number of halogens is 3. The van der Waals surface area contributed by atoms with Gasteiger partial charge in [-0.3, -0.25) is 4.79 Å². The summed E-state index contributed by atoms with van der Waals surface area (Å²) < 4.78 is 41.0. The maximum absolute atomic E-state index is 12.0. The quantitative estimate of drug-likeness (QED) is 0.811. The molecule has 0 aliphatic rings. The predicted octanol–water partition coefficient (Wildman–Crippen LogP) is 2.24. The van der Waals surface area contributed by atoms with Gasteiger partial charge in [-0.2, -0.15) is 13.2 Å². The summed E-state index contributed by atoms with van der Waals surface area (Å²) in [5.74, 6) is 0.269. The van der Waals surface area contributed by atoms with Crippen LogP contribution in [0.25, 0.3) is 0 Å². The molecule has 1 amide bonds. The Bertz CT molecular complexity index is 485. The van der Waals surface area contributed by atoms with Crippen LogP contribution in [0.2, 0.25) is 0 Å². The lowest BCUT2D eigenvalue weighted by atomic mass is 9.84. The first kappa shape index (κ1) is 18.3. The summed E-state index contributed by atoms with van der Waals surface area (Å²) in [5, 5.41) is 4.70. The maximum atomic E-state index is 12.0. The van der Waals surface area contributed by atoms with Gasteiger partial charge < -0.3 is 15.4 Å². The number of ether oxygens (including phenoxy) is 1. The molecule has 124 valence electrons. The molecule has 0 heterocycles. The topological polar surface area (TPSA) is 50.4 Å². The van der Waals surface area contributed by atoms with Crippen LogP contribution >= 0.6 is 0 Å². The molecule has 0 saturated carbocycles. The Balaban J connectivity index is 2.45. The van der Waals surface area contributed by atoms with Crippen LogP contribution < -0.4 is 15.4 Å². The molecule has 1 aromatic rings. The number of carbonyl (C=O) groups excluding carboxylic acids is 1. The molecule has 0 spiro atoms. The highest BCUT2D eigenvalue weighted by Gasteiger charge is 2.27. The fourth-order valence-electron chi connectivity index (χ4n) is 1.84. The molecule has 0 unspecified atom stereocenters. The Morgan fingerprint density at radius 3 is 2.23 bits per heavy atom. The summed E-state index contributed by atoms with van der Waals surface area (Å²) in [5.41, 5.74) is 0.656. The van der Waals surface area contributed by atoms with Gasteiger partial charge in [0.1, 0.15) is 5.75 Å². The van der Waals surface area contributed by atoms with Gasteiger partial charge in [0, 0.05) is 12.0 Å². The molecule has 0 saturated heterocycles. The molecule has 0 atom stereocenters. The van der Waals surface area contributed by atoms with Crippen LogP contribution in [0.1, 0.15) is 19.4 Å². The van der Waals surface area contributed by atoms with E-state index in [9.17, 15) is 18.0 Å². The second-order valence-corrected chi connectivity index (χ2v) is 5.61. The normalized spacial score (nSPS) is 12.1. The molecule has 0 bridgehead atoms. The minimum atomic E-state index is -4.32. The van der Waals surface area contributed by atoms with Gasteiger partial charge in [0.2, 0.25) is 5.91 Å². The molecule has 22 heavy (non-hydrogen) atoms. The first-order valence-corrected chi connectivity index (χ1v) is 6.83. The number of nitrogens with one attached hydrogen (secondary N) is 2. The monoisotopic (exact) mass is 318 g/mol. The van der Waals surface area contributed by atoms with E-state index in [4.69, 9.17) is 4.74 Å². The van der Waals surface area contributed by atoms with Crippen LogP contribution in [-0.4, -0.2) is 38.8 Å². The summed E-state index contributed by atoms with van der Waals surface area (Å²) in [6.07, 6.45) is -4.32. The van der Waals surface area contributed by atoms with E-state index in [0.29, 0.717) is 6.54 Å². The van der Waals surface area contributed by atoms with E-state index in [1.807, 2.05) is 38.1 Å². The SMILES string of the molecule is COc1ccc(C(C)(C)CNC(=O)CNCC(F)(F)F)cc1. The number of carbonyl (C=O) groups is 1. The fraction of sp³-hybridized carbons (Fsp3) is 0.533. The second-order valence-electron chi connectivity index (χ2n) is 5.61. The average Bonchev–Trinajstić information content (AvgIpc) is 2.44. The van der Waals surface area contributed by atoms with Crippen molar-refractivity contribution in [1.82, 2.24) is 10.6 Å². The highest BCUT2D eigenvalue weighted by atomic mass is 19.4. The minimum absolute atomic E-state index is 0.325. The molecule has 2 N–H and O–H groups in total. The minimum Gasteiger partial charge on any atom is -0.497 e. The van der Waals surface area contributed by atoms with E-state index < -0.39 is 18.6 Å². The van der Waals surface area contributed by atoms with E-state index in [-0.39, 0.29) is 12.0 Å². The van der Waals surface area contributed by atoms with Crippen molar-refractivity contribution in [1.29, 1.82) is 0 Å². The highest BCUT2D eigenvalue weighted by molar-refractivity contribution is 5.78. The van der Waals surface area contributed by atoms with E-state index >= 15 is 0 Å². The van der Waals surface area contributed by atoms with Gasteiger partial charge in [0.05, 0.1) is 20.2 Å². The third kappa shape index (κ3) is 6.34. The van der Waals surface area contributed by atoms with Crippen LogP contribution in [0, 0.1) is 0 Å². The number of methoxy groups -OCH3 is 1. The van der Waals surface area contributed by atoms with Gasteiger partial charge in [-0.1, -0.05) is 26.0 Å². The van der Waals surface area contributed by atoms with Crippen LogP contribution in [0.4, 0.5) is 13.2 Å². The number of hydrogen-bond donors (Lipinski definition) is 2. The van der Waals surface area contributed by atoms with Gasteiger partial charge in [-0.25, -0.2) is 0 Å². The zero-order valence-corrected chi connectivity index (χ0v) is 12.9. The molecule has 0 aliphatic heterocycles. The Kier molecular flexibility index (Phi) is 6.22. The number of benzene rings is 1. The van der Waals surface area contributed by atoms with Crippen LogP contribution in [0.3, 0.4) is 0 Å². The van der Waals surface area contributed by atoms with Crippen LogP contribution in [0.5, 0.6) is 5.75 Å². The molecule has 4 nitrogen and oxygen atoms in total. The second kappa shape index (κ2) is 7.49. The summed E-state index contributed by atoms with van der Waals surface area (Å²) in [6.45, 7) is 2.67. The molecule has 1 rings (SSSR count). The van der Waals surface area contributed by atoms with Crippen molar-refractivity contribution in [3.8, 4) is 5.75 Å². The Morgan fingerprint density at radius 2 is 1.73 bits per heavy atom. The molecular weight excluding hydrogens is 297 g/mol. The van der Waals surface area contributed by atoms with Gasteiger partial charge in [0.15, 0.2) is 0 Å². The van der Waals surface area contributed by atoms with Crippen molar-refractivity contribution in [2.45, 2.75) is 25.4 Å². The summed E-state index contributed by atoms with van der Waals surface area (Å²) in [7, 11) is 1.58. The summed E-state index contributed by atoms with van der Waals surface area (Å²) >= 11 is 0. The molecule has 1 aromatic carbocycles. The van der Waals surface area contributed by atoms with Gasteiger partial charge in [-0.15, -0.1) is 0 Å². The van der Waals surface area contributed by atoms with Crippen LogP contribution in [0.15, 0.2) is 24.3 Å². The smallest absolute Gasteiger partial charge is 0.401 e. The molecule has 0 radical (unpaired) electrons. The summed E-state index contributed by atoms with van der Waals surface area (Å²) in [6, 6.07) is 7.44. The number of alkyl halides is 3. The van der Waals surface area contributed by atoms with E-state index in [0.717, 1.165) is 11.3 Å².